The van der Waals surface area contributed by atoms with Gasteiger partial charge in [0.05, 0.1) is 24.1 Å². The average Bonchev–Trinajstić information content (AvgIpc) is 3.34. The van der Waals surface area contributed by atoms with Crippen molar-refractivity contribution in [2.24, 2.45) is 0 Å². The second-order valence-corrected chi connectivity index (χ2v) is 8.04. The smallest absolute Gasteiger partial charge is 0.238 e. The number of hydrogen-bond acceptors (Lipinski definition) is 6. The summed E-state index contributed by atoms with van der Waals surface area (Å²) >= 11 is 0. The van der Waals surface area contributed by atoms with Crippen LogP contribution < -0.4 is 4.72 Å². The molecular formula is C20H16FN3O4S. The highest BCUT2D eigenvalue weighted by molar-refractivity contribution is 7.91. The Kier molecular flexibility index (Phi) is 5.13. The minimum absolute atomic E-state index is 0.229. The summed E-state index contributed by atoms with van der Waals surface area (Å²) in [5, 5.41) is 3.87. The highest BCUT2D eigenvalue weighted by Crippen LogP contribution is 2.23. The quantitative estimate of drug-likeness (QED) is 0.492. The Morgan fingerprint density at radius 1 is 1.03 bits per heavy atom. The van der Waals surface area contributed by atoms with E-state index in [0.29, 0.717) is 34.3 Å². The number of furan rings is 1. The topological polar surface area (TPSA) is 98.2 Å². The molecule has 0 atom stereocenters. The van der Waals surface area contributed by atoms with E-state index in [4.69, 9.17) is 8.94 Å². The SMILES string of the molecule is O=S(=O)(Cc1cccc(F)c1)Nc1ccccc1Cc1nc(-c2ccco2)no1. The van der Waals surface area contributed by atoms with Gasteiger partial charge in [0.1, 0.15) is 5.82 Å². The van der Waals surface area contributed by atoms with Crippen LogP contribution in [0.5, 0.6) is 0 Å². The van der Waals surface area contributed by atoms with E-state index < -0.39 is 15.8 Å². The second kappa shape index (κ2) is 7.88. The lowest BCUT2D eigenvalue weighted by Gasteiger charge is -2.12. The largest absolute Gasteiger partial charge is 0.461 e. The van der Waals surface area contributed by atoms with E-state index in [1.165, 1.54) is 24.5 Å². The highest BCUT2D eigenvalue weighted by atomic mass is 32.2. The number of para-hydroxylation sites is 1. The third-order valence-corrected chi connectivity index (χ3v) is 5.32. The van der Waals surface area contributed by atoms with Gasteiger partial charge in [-0.2, -0.15) is 4.98 Å². The first kappa shape index (κ1) is 18.9. The van der Waals surface area contributed by atoms with Gasteiger partial charge in [-0.25, -0.2) is 12.8 Å². The number of nitrogens with zero attached hydrogens (tertiary/aromatic N) is 2. The van der Waals surface area contributed by atoms with E-state index >= 15 is 0 Å². The molecule has 148 valence electrons. The second-order valence-electron chi connectivity index (χ2n) is 6.31. The van der Waals surface area contributed by atoms with Gasteiger partial charge >= 0.3 is 0 Å². The molecule has 7 nitrogen and oxygen atoms in total. The van der Waals surface area contributed by atoms with Crippen molar-refractivity contribution in [3.8, 4) is 11.6 Å². The first-order valence-corrected chi connectivity index (χ1v) is 10.3. The van der Waals surface area contributed by atoms with E-state index in [2.05, 4.69) is 14.9 Å². The summed E-state index contributed by atoms with van der Waals surface area (Å²) in [6.07, 6.45) is 1.74. The van der Waals surface area contributed by atoms with Gasteiger partial charge in [-0.3, -0.25) is 4.72 Å². The zero-order chi connectivity index (χ0) is 20.3. The van der Waals surface area contributed by atoms with Crippen LogP contribution in [0, 0.1) is 5.82 Å². The molecule has 4 rings (SSSR count). The maximum Gasteiger partial charge on any atom is 0.238 e. The van der Waals surface area contributed by atoms with Crippen molar-refractivity contribution in [3.63, 3.8) is 0 Å². The van der Waals surface area contributed by atoms with E-state index in [0.717, 1.165) is 0 Å². The zero-order valence-electron chi connectivity index (χ0n) is 15.1. The van der Waals surface area contributed by atoms with Crippen molar-refractivity contribution in [3.05, 3.63) is 89.8 Å². The number of sulfonamides is 1. The molecule has 0 unspecified atom stereocenters. The summed E-state index contributed by atoms with van der Waals surface area (Å²) in [4.78, 5) is 4.27. The van der Waals surface area contributed by atoms with Gasteiger partial charge in [-0.15, -0.1) is 0 Å². The number of halogens is 1. The number of rotatable bonds is 7. The molecule has 0 bridgehead atoms. The van der Waals surface area contributed by atoms with Crippen molar-refractivity contribution in [2.45, 2.75) is 12.2 Å². The van der Waals surface area contributed by atoms with Gasteiger partial charge in [-0.1, -0.05) is 35.5 Å². The fraction of sp³-hybridized carbons (Fsp3) is 0.100. The van der Waals surface area contributed by atoms with Crippen molar-refractivity contribution in [1.29, 1.82) is 0 Å². The van der Waals surface area contributed by atoms with Gasteiger partial charge < -0.3 is 8.94 Å². The number of benzene rings is 2. The first-order valence-electron chi connectivity index (χ1n) is 8.68. The van der Waals surface area contributed by atoms with Crippen LogP contribution in [-0.4, -0.2) is 18.6 Å². The molecule has 9 heteroatoms. The Balaban J connectivity index is 1.52. The van der Waals surface area contributed by atoms with Gasteiger partial charge in [0, 0.05) is 0 Å². The van der Waals surface area contributed by atoms with E-state index in [1.54, 1.807) is 42.5 Å². The fourth-order valence-electron chi connectivity index (χ4n) is 2.82. The van der Waals surface area contributed by atoms with E-state index in [9.17, 15) is 12.8 Å². The monoisotopic (exact) mass is 413 g/mol. The van der Waals surface area contributed by atoms with Crippen LogP contribution in [0.3, 0.4) is 0 Å². The third kappa shape index (κ3) is 4.69. The number of anilines is 1. The molecule has 0 amide bonds. The van der Waals surface area contributed by atoms with Crippen LogP contribution in [0.25, 0.3) is 11.6 Å². The maximum atomic E-state index is 13.3. The lowest BCUT2D eigenvalue weighted by atomic mass is 10.1. The van der Waals surface area contributed by atoms with Crippen molar-refractivity contribution in [1.82, 2.24) is 10.1 Å². The molecule has 2 heterocycles. The Bertz CT molecular complexity index is 1220. The molecule has 1 N–H and O–H groups in total. The fourth-order valence-corrected chi connectivity index (χ4v) is 4.04. The van der Waals surface area contributed by atoms with Crippen LogP contribution in [0.2, 0.25) is 0 Å². The van der Waals surface area contributed by atoms with Gasteiger partial charge in [-0.05, 0) is 41.5 Å². The summed E-state index contributed by atoms with van der Waals surface area (Å²) in [6, 6.07) is 15.8. The Labute approximate surface area is 166 Å². The summed E-state index contributed by atoms with van der Waals surface area (Å²) in [5.41, 5.74) is 1.40. The van der Waals surface area contributed by atoms with Gasteiger partial charge in [0.25, 0.3) is 0 Å². The van der Waals surface area contributed by atoms with E-state index in [-0.39, 0.29) is 12.2 Å². The van der Waals surface area contributed by atoms with E-state index in [1.807, 2.05) is 0 Å². The Hall–Kier alpha value is -3.46. The molecule has 0 saturated heterocycles. The molecule has 2 aromatic carbocycles. The van der Waals surface area contributed by atoms with Gasteiger partial charge in [0.2, 0.25) is 21.7 Å². The van der Waals surface area contributed by atoms with Crippen LogP contribution in [-0.2, 0) is 22.2 Å². The molecular weight excluding hydrogens is 397 g/mol. The number of aromatic nitrogens is 2. The summed E-state index contributed by atoms with van der Waals surface area (Å²) in [7, 11) is -3.75. The molecule has 29 heavy (non-hydrogen) atoms. The van der Waals surface area contributed by atoms with Crippen LogP contribution in [0.1, 0.15) is 17.0 Å². The molecule has 0 fully saturated rings. The highest BCUT2D eigenvalue weighted by Gasteiger charge is 2.17. The lowest BCUT2D eigenvalue weighted by Crippen LogP contribution is -2.16. The Morgan fingerprint density at radius 3 is 2.69 bits per heavy atom. The predicted octanol–water partition coefficient (Wildman–Crippen LogP) is 4.00. The first-order chi connectivity index (χ1) is 14.0. The standard InChI is InChI=1S/C20H16FN3O4S/c21-16-7-3-5-14(11-16)13-29(25,26)24-17-8-2-1-6-15(17)12-19-22-20(23-28-19)18-9-4-10-27-18/h1-11,24H,12-13H2. The van der Waals surface area contributed by atoms with Gasteiger partial charge in [0.15, 0.2) is 5.76 Å². The molecule has 0 aliphatic rings. The van der Waals surface area contributed by atoms with Crippen LogP contribution in [0.4, 0.5) is 10.1 Å². The molecule has 0 aliphatic carbocycles. The van der Waals surface area contributed by atoms with Crippen molar-refractivity contribution >= 4 is 15.7 Å². The van der Waals surface area contributed by atoms with Crippen LogP contribution >= 0.6 is 0 Å². The molecule has 4 aromatic rings. The summed E-state index contributed by atoms with van der Waals surface area (Å²) in [5.74, 6) is 0.274. The normalized spacial score (nSPS) is 11.5. The maximum absolute atomic E-state index is 13.3. The molecule has 0 saturated carbocycles. The predicted molar refractivity (Wildman–Crippen MR) is 104 cm³/mol. The molecule has 0 spiro atoms. The average molecular weight is 413 g/mol. The lowest BCUT2D eigenvalue weighted by molar-refractivity contribution is 0.384. The minimum Gasteiger partial charge on any atom is -0.461 e. The molecule has 2 aromatic heterocycles. The van der Waals surface area contributed by atoms with Crippen molar-refractivity contribution < 1.29 is 21.7 Å². The molecule has 0 aliphatic heterocycles. The summed E-state index contributed by atoms with van der Waals surface area (Å²) in [6.45, 7) is 0. The summed E-state index contributed by atoms with van der Waals surface area (Å²) < 4.78 is 51.5. The molecule has 0 radical (unpaired) electrons. The third-order valence-electron chi connectivity index (χ3n) is 4.08. The number of nitrogens with one attached hydrogen (secondary N) is 1. The minimum atomic E-state index is -3.75. The number of hydrogen-bond donors (Lipinski definition) is 1. The van der Waals surface area contributed by atoms with Crippen molar-refractivity contribution in [2.75, 3.05) is 4.72 Å². The Morgan fingerprint density at radius 2 is 1.90 bits per heavy atom. The van der Waals surface area contributed by atoms with Crippen LogP contribution in [0.15, 0.2) is 75.9 Å². The zero-order valence-corrected chi connectivity index (χ0v) is 15.9.